The lowest BCUT2D eigenvalue weighted by molar-refractivity contribution is -0.385. The summed E-state index contributed by atoms with van der Waals surface area (Å²) in [5.74, 6) is -0.469. The number of hydrogen-bond acceptors (Lipinski definition) is 4. The summed E-state index contributed by atoms with van der Waals surface area (Å²) in [6, 6.07) is 1.12. The van der Waals surface area contributed by atoms with Crippen LogP contribution in [0.1, 0.15) is 37.6 Å². The third-order valence-corrected chi connectivity index (χ3v) is 2.92. The van der Waals surface area contributed by atoms with Gasteiger partial charge in [0.05, 0.1) is 10.5 Å². The predicted octanol–water partition coefficient (Wildman–Crippen LogP) is 2.56. The molecule has 0 fully saturated rings. The van der Waals surface area contributed by atoms with E-state index in [4.69, 9.17) is 11.6 Å². The Hall–Kier alpha value is -1.69. The number of carbonyl (C=O) groups is 1. The normalized spacial score (nSPS) is 11.1. The predicted molar refractivity (Wildman–Crippen MR) is 67.7 cm³/mol. The maximum absolute atomic E-state index is 12.0. The van der Waals surface area contributed by atoms with E-state index in [0.29, 0.717) is 0 Å². The highest BCUT2D eigenvalue weighted by molar-refractivity contribution is 6.32. The highest BCUT2D eigenvalue weighted by Crippen LogP contribution is 2.20. The number of nitrogens with one attached hydrogen (secondary N) is 1. The molecule has 1 rings (SSSR count). The van der Waals surface area contributed by atoms with Gasteiger partial charge in [0, 0.05) is 11.6 Å². The summed E-state index contributed by atoms with van der Waals surface area (Å²) in [6.07, 6.45) is 1.74. The summed E-state index contributed by atoms with van der Waals surface area (Å²) in [6.45, 7) is 5.63. The van der Waals surface area contributed by atoms with Crippen LogP contribution in [0.3, 0.4) is 0 Å². The highest BCUT2D eigenvalue weighted by Gasteiger charge is 2.22. The van der Waals surface area contributed by atoms with Crippen molar-refractivity contribution in [3.05, 3.63) is 33.1 Å². The molecule has 0 aliphatic rings. The lowest BCUT2D eigenvalue weighted by Gasteiger charge is -2.24. The second-order valence-corrected chi connectivity index (χ2v) is 4.84. The second kappa shape index (κ2) is 5.30. The minimum Gasteiger partial charge on any atom is -0.347 e. The van der Waals surface area contributed by atoms with E-state index in [-0.39, 0.29) is 16.4 Å². The molecule has 0 bridgehead atoms. The highest BCUT2D eigenvalue weighted by atomic mass is 35.5. The molecule has 0 radical (unpaired) electrons. The lowest BCUT2D eigenvalue weighted by Crippen LogP contribution is -2.42. The molecule has 0 aromatic carbocycles. The molecule has 1 aromatic heterocycles. The number of rotatable bonds is 4. The van der Waals surface area contributed by atoms with Gasteiger partial charge in [-0.2, -0.15) is 0 Å². The van der Waals surface area contributed by atoms with Crippen LogP contribution >= 0.6 is 11.6 Å². The third kappa shape index (κ3) is 3.40. The van der Waals surface area contributed by atoms with Crippen molar-refractivity contribution in [2.24, 2.45) is 0 Å². The largest absolute Gasteiger partial charge is 0.347 e. The molecule has 0 spiro atoms. The molecule has 18 heavy (non-hydrogen) atoms. The second-order valence-electron chi connectivity index (χ2n) is 4.48. The van der Waals surface area contributed by atoms with Crippen LogP contribution in [-0.2, 0) is 0 Å². The molecule has 6 nitrogen and oxygen atoms in total. The van der Waals surface area contributed by atoms with Crippen LogP contribution in [0.25, 0.3) is 0 Å². The molecule has 1 heterocycles. The van der Waals surface area contributed by atoms with E-state index < -0.39 is 16.4 Å². The smallest absolute Gasteiger partial charge is 0.288 e. The first-order valence-corrected chi connectivity index (χ1v) is 5.77. The summed E-state index contributed by atoms with van der Waals surface area (Å²) in [5.41, 5.74) is -0.670. The summed E-state index contributed by atoms with van der Waals surface area (Å²) in [5, 5.41) is 13.3. The van der Waals surface area contributed by atoms with Gasteiger partial charge in [0.25, 0.3) is 11.6 Å². The van der Waals surface area contributed by atoms with Gasteiger partial charge >= 0.3 is 0 Å². The Labute approximate surface area is 110 Å². The zero-order valence-electron chi connectivity index (χ0n) is 10.4. The molecule has 1 aromatic rings. The van der Waals surface area contributed by atoms with Crippen molar-refractivity contribution in [1.29, 1.82) is 0 Å². The van der Waals surface area contributed by atoms with Gasteiger partial charge < -0.3 is 5.32 Å². The Morgan fingerprint density at radius 1 is 1.61 bits per heavy atom. The van der Waals surface area contributed by atoms with Crippen LogP contribution in [0.4, 0.5) is 5.69 Å². The van der Waals surface area contributed by atoms with Crippen LogP contribution < -0.4 is 5.32 Å². The summed E-state index contributed by atoms with van der Waals surface area (Å²) in [4.78, 5) is 25.6. The van der Waals surface area contributed by atoms with Gasteiger partial charge in [0.1, 0.15) is 11.3 Å². The molecule has 0 saturated heterocycles. The van der Waals surface area contributed by atoms with Crippen molar-refractivity contribution in [2.45, 2.75) is 32.7 Å². The Morgan fingerprint density at radius 3 is 2.72 bits per heavy atom. The van der Waals surface area contributed by atoms with E-state index in [1.807, 2.05) is 20.8 Å². The van der Waals surface area contributed by atoms with Gasteiger partial charge in [-0.3, -0.25) is 14.9 Å². The van der Waals surface area contributed by atoms with E-state index in [1.165, 1.54) is 0 Å². The van der Waals surface area contributed by atoms with Crippen molar-refractivity contribution >= 4 is 23.2 Å². The van der Waals surface area contributed by atoms with Gasteiger partial charge in [0.15, 0.2) is 0 Å². The van der Waals surface area contributed by atoms with Crippen molar-refractivity contribution in [3.8, 4) is 0 Å². The number of nitro groups is 1. The molecular weight excluding hydrogens is 258 g/mol. The van der Waals surface area contributed by atoms with Crippen LogP contribution in [-0.4, -0.2) is 21.4 Å². The standard InChI is InChI=1S/C11H14ClN3O3/c1-4-11(2,3)14-10(16)8-5-7(15(17)18)6-13-9(8)12/h5-6H,4H2,1-3H3,(H,14,16). The van der Waals surface area contributed by atoms with E-state index in [2.05, 4.69) is 10.3 Å². The van der Waals surface area contributed by atoms with Crippen LogP contribution in [0, 0.1) is 10.1 Å². The molecule has 1 N–H and O–H groups in total. The molecule has 0 aliphatic carbocycles. The number of pyridine rings is 1. The minimum absolute atomic E-state index is 0.00684. The van der Waals surface area contributed by atoms with E-state index in [0.717, 1.165) is 18.7 Å². The summed E-state index contributed by atoms with van der Waals surface area (Å²) < 4.78 is 0. The Bertz CT molecular complexity index is 488. The average molecular weight is 272 g/mol. The third-order valence-electron chi connectivity index (χ3n) is 2.62. The first-order valence-electron chi connectivity index (χ1n) is 5.39. The molecule has 0 atom stereocenters. The monoisotopic (exact) mass is 271 g/mol. The number of aromatic nitrogens is 1. The van der Waals surface area contributed by atoms with Crippen LogP contribution in [0.5, 0.6) is 0 Å². The molecule has 98 valence electrons. The van der Waals surface area contributed by atoms with Gasteiger partial charge in [-0.05, 0) is 20.3 Å². The summed E-state index contributed by atoms with van der Waals surface area (Å²) in [7, 11) is 0. The SMILES string of the molecule is CCC(C)(C)NC(=O)c1cc([N+](=O)[O-])cnc1Cl. The Balaban J connectivity index is 3.05. The number of halogens is 1. The van der Waals surface area contributed by atoms with Gasteiger partial charge in [-0.25, -0.2) is 4.98 Å². The zero-order valence-corrected chi connectivity index (χ0v) is 11.1. The Morgan fingerprint density at radius 2 is 2.22 bits per heavy atom. The van der Waals surface area contributed by atoms with Crippen molar-refractivity contribution in [1.82, 2.24) is 10.3 Å². The van der Waals surface area contributed by atoms with Crippen LogP contribution in [0.15, 0.2) is 12.3 Å². The van der Waals surface area contributed by atoms with Gasteiger partial charge in [-0.1, -0.05) is 18.5 Å². The maximum atomic E-state index is 12.0. The first-order chi connectivity index (χ1) is 8.26. The lowest BCUT2D eigenvalue weighted by atomic mass is 10.0. The number of nitrogens with zero attached hydrogens (tertiary/aromatic N) is 2. The molecule has 0 unspecified atom stereocenters. The zero-order chi connectivity index (χ0) is 13.9. The molecule has 0 saturated carbocycles. The van der Waals surface area contributed by atoms with E-state index >= 15 is 0 Å². The molecule has 1 amide bonds. The van der Waals surface area contributed by atoms with E-state index in [1.54, 1.807) is 0 Å². The summed E-state index contributed by atoms with van der Waals surface area (Å²) >= 11 is 5.77. The topological polar surface area (TPSA) is 85.1 Å². The Kier molecular flexibility index (Phi) is 4.24. The fraction of sp³-hybridized carbons (Fsp3) is 0.455. The maximum Gasteiger partial charge on any atom is 0.288 e. The number of carbonyl (C=O) groups excluding carboxylic acids is 1. The quantitative estimate of drug-likeness (QED) is 0.518. The number of amides is 1. The fourth-order valence-electron chi connectivity index (χ4n) is 1.16. The van der Waals surface area contributed by atoms with Crippen molar-refractivity contribution in [3.63, 3.8) is 0 Å². The minimum atomic E-state index is -0.620. The fourth-order valence-corrected chi connectivity index (χ4v) is 1.35. The molecule has 7 heteroatoms. The number of hydrogen-bond donors (Lipinski definition) is 1. The average Bonchev–Trinajstić information content (AvgIpc) is 2.28. The van der Waals surface area contributed by atoms with E-state index in [9.17, 15) is 14.9 Å². The molecule has 0 aliphatic heterocycles. The molecular formula is C11H14ClN3O3. The van der Waals surface area contributed by atoms with Crippen LogP contribution in [0.2, 0.25) is 5.15 Å². The van der Waals surface area contributed by atoms with Crippen molar-refractivity contribution in [2.75, 3.05) is 0 Å². The van der Waals surface area contributed by atoms with Crippen molar-refractivity contribution < 1.29 is 9.72 Å². The first kappa shape index (κ1) is 14.4. The van der Waals surface area contributed by atoms with Gasteiger partial charge in [-0.15, -0.1) is 0 Å². The van der Waals surface area contributed by atoms with Gasteiger partial charge in [0.2, 0.25) is 0 Å².